The van der Waals surface area contributed by atoms with E-state index in [1.807, 2.05) is 6.92 Å². The van der Waals surface area contributed by atoms with Crippen molar-refractivity contribution >= 4 is 17.3 Å². The number of nitro benzene ring substituents is 1. The summed E-state index contributed by atoms with van der Waals surface area (Å²) in [6, 6.07) is 4.30. The van der Waals surface area contributed by atoms with Gasteiger partial charge in [0, 0.05) is 31.1 Å². The lowest BCUT2D eigenvalue weighted by Gasteiger charge is -2.09. The number of rotatable bonds is 8. The van der Waals surface area contributed by atoms with E-state index in [-0.39, 0.29) is 11.6 Å². The molecule has 0 aliphatic carbocycles. The van der Waals surface area contributed by atoms with Crippen LogP contribution >= 0.6 is 0 Å². The standard InChI is InChI=1S/C15H19N3O3/c1-3-5-6-7-10-17-13-11-12(15(19)16-4-2)8-9-14(13)18(20)21/h1,8-9,11,17H,4-7,10H2,2H3,(H,16,19). The highest BCUT2D eigenvalue weighted by Crippen LogP contribution is 2.25. The molecular weight excluding hydrogens is 270 g/mol. The van der Waals surface area contributed by atoms with E-state index < -0.39 is 4.92 Å². The van der Waals surface area contributed by atoms with Gasteiger partial charge < -0.3 is 10.6 Å². The molecule has 0 spiro atoms. The molecule has 112 valence electrons. The topological polar surface area (TPSA) is 84.3 Å². The van der Waals surface area contributed by atoms with Gasteiger partial charge in [-0.25, -0.2) is 0 Å². The summed E-state index contributed by atoms with van der Waals surface area (Å²) in [5.41, 5.74) is 0.707. The number of amides is 1. The average Bonchev–Trinajstić information content (AvgIpc) is 2.47. The quantitative estimate of drug-likeness (QED) is 0.333. The molecule has 1 aromatic rings. The summed E-state index contributed by atoms with van der Waals surface area (Å²) >= 11 is 0. The first kappa shape index (κ1) is 16.5. The van der Waals surface area contributed by atoms with E-state index in [1.165, 1.54) is 18.2 Å². The number of carbonyl (C=O) groups excluding carboxylic acids is 1. The van der Waals surface area contributed by atoms with Gasteiger partial charge in [0.1, 0.15) is 5.69 Å². The van der Waals surface area contributed by atoms with E-state index in [1.54, 1.807) is 0 Å². The minimum Gasteiger partial charge on any atom is -0.379 e. The number of hydrogen-bond donors (Lipinski definition) is 2. The van der Waals surface area contributed by atoms with Crippen molar-refractivity contribution in [3.05, 3.63) is 33.9 Å². The minimum atomic E-state index is -0.467. The molecule has 0 atom stereocenters. The summed E-state index contributed by atoms with van der Waals surface area (Å²) in [4.78, 5) is 22.3. The minimum absolute atomic E-state index is 0.0417. The van der Waals surface area contributed by atoms with Crippen LogP contribution in [0.1, 0.15) is 36.5 Å². The van der Waals surface area contributed by atoms with Crippen LogP contribution in [0.2, 0.25) is 0 Å². The Balaban J connectivity index is 2.81. The Morgan fingerprint density at radius 1 is 1.43 bits per heavy atom. The average molecular weight is 289 g/mol. The van der Waals surface area contributed by atoms with Gasteiger partial charge in [0.05, 0.1) is 4.92 Å². The summed E-state index contributed by atoms with van der Waals surface area (Å²) in [5.74, 6) is 2.30. The number of nitro groups is 1. The number of carbonyl (C=O) groups is 1. The second-order valence-corrected chi connectivity index (χ2v) is 4.44. The van der Waals surface area contributed by atoms with E-state index >= 15 is 0 Å². The van der Waals surface area contributed by atoms with Crippen LogP contribution in [0, 0.1) is 22.5 Å². The molecule has 0 saturated heterocycles. The van der Waals surface area contributed by atoms with Crippen molar-refractivity contribution in [2.24, 2.45) is 0 Å². The van der Waals surface area contributed by atoms with E-state index in [9.17, 15) is 14.9 Å². The van der Waals surface area contributed by atoms with Crippen molar-refractivity contribution < 1.29 is 9.72 Å². The molecule has 21 heavy (non-hydrogen) atoms. The predicted octanol–water partition coefficient (Wildman–Crippen LogP) is 2.56. The first-order valence-corrected chi connectivity index (χ1v) is 6.84. The van der Waals surface area contributed by atoms with E-state index in [0.29, 0.717) is 30.8 Å². The second-order valence-electron chi connectivity index (χ2n) is 4.44. The first-order chi connectivity index (χ1) is 10.1. The Morgan fingerprint density at radius 3 is 2.81 bits per heavy atom. The van der Waals surface area contributed by atoms with Crippen molar-refractivity contribution in [2.45, 2.75) is 26.2 Å². The molecule has 0 bridgehead atoms. The summed E-state index contributed by atoms with van der Waals surface area (Å²) in [7, 11) is 0. The molecule has 1 aromatic carbocycles. The lowest BCUT2D eigenvalue weighted by molar-refractivity contribution is -0.384. The van der Waals surface area contributed by atoms with Crippen LogP contribution in [0.5, 0.6) is 0 Å². The number of terminal acetylenes is 1. The van der Waals surface area contributed by atoms with Crippen molar-refractivity contribution in [1.82, 2.24) is 5.32 Å². The lowest BCUT2D eigenvalue weighted by Crippen LogP contribution is -2.22. The molecule has 0 radical (unpaired) electrons. The third-order valence-electron chi connectivity index (χ3n) is 2.86. The highest BCUT2D eigenvalue weighted by molar-refractivity contribution is 5.95. The van der Waals surface area contributed by atoms with Crippen molar-refractivity contribution in [3.63, 3.8) is 0 Å². The Kier molecular flexibility index (Phi) is 6.75. The maximum atomic E-state index is 11.8. The molecule has 6 heteroatoms. The van der Waals surface area contributed by atoms with E-state index in [2.05, 4.69) is 16.6 Å². The van der Waals surface area contributed by atoms with Gasteiger partial charge in [-0.3, -0.25) is 14.9 Å². The van der Waals surface area contributed by atoms with Crippen molar-refractivity contribution in [2.75, 3.05) is 18.4 Å². The highest BCUT2D eigenvalue weighted by Gasteiger charge is 2.16. The van der Waals surface area contributed by atoms with Gasteiger partial charge in [0.2, 0.25) is 0 Å². The molecule has 0 heterocycles. The van der Waals surface area contributed by atoms with Crippen LogP contribution in [-0.4, -0.2) is 23.9 Å². The van der Waals surface area contributed by atoms with E-state index in [4.69, 9.17) is 6.42 Å². The van der Waals surface area contributed by atoms with Crippen molar-refractivity contribution in [1.29, 1.82) is 0 Å². The molecule has 1 amide bonds. The Morgan fingerprint density at radius 2 is 2.19 bits per heavy atom. The van der Waals surface area contributed by atoms with Gasteiger partial charge >= 0.3 is 0 Å². The SMILES string of the molecule is C#CCCCCNc1cc(C(=O)NCC)ccc1[N+](=O)[O-]. The number of unbranched alkanes of at least 4 members (excludes halogenated alkanes) is 2. The maximum Gasteiger partial charge on any atom is 0.292 e. The summed E-state index contributed by atoms with van der Waals surface area (Å²) in [6.07, 6.45) is 7.51. The van der Waals surface area contributed by atoms with Gasteiger partial charge in [-0.15, -0.1) is 12.3 Å². The number of benzene rings is 1. The number of anilines is 1. The Hall–Kier alpha value is -2.55. The van der Waals surface area contributed by atoms with Gasteiger partial charge in [0.25, 0.3) is 11.6 Å². The van der Waals surface area contributed by atoms with Gasteiger partial charge in [-0.05, 0) is 31.9 Å². The van der Waals surface area contributed by atoms with Gasteiger partial charge in [-0.1, -0.05) is 0 Å². The van der Waals surface area contributed by atoms with Crippen molar-refractivity contribution in [3.8, 4) is 12.3 Å². The predicted molar refractivity (Wildman–Crippen MR) is 82.3 cm³/mol. The molecular formula is C15H19N3O3. The normalized spacial score (nSPS) is 9.71. The summed E-state index contributed by atoms with van der Waals surface area (Å²) in [6.45, 7) is 2.89. The number of hydrogen-bond acceptors (Lipinski definition) is 4. The molecule has 0 fully saturated rings. The van der Waals surface area contributed by atoms with Crippen LogP contribution < -0.4 is 10.6 Å². The fourth-order valence-electron chi connectivity index (χ4n) is 1.82. The smallest absolute Gasteiger partial charge is 0.292 e. The van der Waals surface area contributed by atoms with Crippen LogP contribution in [0.3, 0.4) is 0 Å². The van der Waals surface area contributed by atoms with Crippen LogP contribution in [0.25, 0.3) is 0 Å². The largest absolute Gasteiger partial charge is 0.379 e. The zero-order chi connectivity index (χ0) is 15.7. The first-order valence-electron chi connectivity index (χ1n) is 6.84. The molecule has 0 saturated carbocycles. The number of nitrogens with one attached hydrogen (secondary N) is 2. The summed E-state index contributed by atoms with van der Waals surface area (Å²) < 4.78 is 0. The van der Waals surface area contributed by atoms with Crippen LogP contribution in [0.15, 0.2) is 18.2 Å². The molecule has 0 unspecified atom stereocenters. The number of nitrogens with zero attached hydrogens (tertiary/aromatic N) is 1. The van der Waals surface area contributed by atoms with E-state index in [0.717, 1.165) is 12.8 Å². The maximum absolute atomic E-state index is 11.8. The Bertz CT molecular complexity index is 550. The molecule has 0 aromatic heterocycles. The fraction of sp³-hybridized carbons (Fsp3) is 0.400. The monoisotopic (exact) mass is 289 g/mol. The van der Waals surface area contributed by atoms with Crippen LogP contribution in [0.4, 0.5) is 11.4 Å². The molecule has 2 N–H and O–H groups in total. The summed E-state index contributed by atoms with van der Waals surface area (Å²) in [5, 5.41) is 16.7. The van der Waals surface area contributed by atoms with Gasteiger partial charge in [0.15, 0.2) is 0 Å². The molecule has 0 aliphatic rings. The lowest BCUT2D eigenvalue weighted by atomic mass is 10.1. The Labute approximate surface area is 124 Å². The van der Waals surface area contributed by atoms with Gasteiger partial charge in [-0.2, -0.15) is 0 Å². The fourth-order valence-corrected chi connectivity index (χ4v) is 1.82. The molecule has 1 rings (SSSR count). The van der Waals surface area contributed by atoms with Crippen LogP contribution in [-0.2, 0) is 0 Å². The highest BCUT2D eigenvalue weighted by atomic mass is 16.6. The zero-order valence-corrected chi connectivity index (χ0v) is 12.0. The second kappa shape index (κ2) is 8.59. The third kappa shape index (κ3) is 5.15. The third-order valence-corrected chi connectivity index (χ3v) is 2.86. The molecule has 6 nitrogen and oxygen atoms in total. The zero-order valence-electron chi connectivity index (χ0n) is 12.0. The molecule has 0 aliphatic heterocycles.